The molecule has 98 valence electrons. The van der Waals surface area contributed by atoms with E-state index in [1.165, 1.54) is 0 Å². The zero-order valence-electron chi connectivity index (χ0n) is 10.8. The molecule has 1 fully saturated rings. The molecule has 1 unspecified atom stereocenters. The Bertz CT molecular complexity index is 441. The van der Waals surface area contributed by atoms with Crippen molar-refractivity contribution in [3.8, 4) is 0 Å². The average Bonchev–Trinajstić information content (AvgIpc) is 2.96. The molecule has 2 rings (SSSR count). The smallest absolute Gasteiger partial charge is 0.246 e. The highest BCUT2D eigenvalue weighted by Crippen LogP contribution is 2.17. The molecule has 0 aromatic carbocycles. The third kappa shape index (κ3) is 3.17. The van der Waals surface area contributed by atoms with E-state index in [-0.39, 0.29) is 5.91 Å². The maximum atomic E-state index is 12.1. The molecule has 0 radical (unpaired) electrons. The van der Waals surface area contributed by atoms with E-state index in [0.29, 0.717) is 6.04 Å². The van der Waals surface area contributed by atoms with Crippen molar-refractivity contribution < 1.29 is 4.79 Å². The van der Waals surface area contributed by atoms with E-state index in [9.17, 15) is 4.79 Å². The number of likely N-dealkylation sites (N-methyl/N-ethyl adjacent to an activating group) is 1. The van der Waals surface area contributed by atoms with Crippen molar-refractivity contribution in [3.05, 3.63) is 22.2 Å². The first-order chi connectivity index (χ1) is 8.70. The van der Waals surface area contributed by atoms with Crippen LogP contribution in [-0.2, 0) is 4.79 Å². The Hall–Kier alpha value is -1.20. The van der Waals surface area contributed by atoms with E-state index in [1.807, 2.05) is 24.3 Å². The Kier molecular flexibility index (Phi) is 4.49. The van der Waals surface area contributed by atoms with Crippen molar-refractivity contribution in [2.24, 2.45) is 0 Å². The largest absolute Gasteiger partial charge is 0.335 e. The van der Waals surface area contributed by atoms with Gasteiger partial charge in [0.05, 0.1) is 10.7 Å². The van der Waals surface area contributed by atoms with Gasteiger partial charge < -0.3 is 10.2 Å². The van der Waals surface area contributed by atoms with E-state index in [1.54, 1.807) is 23.5 Å². The minimum Gasteiger partial charge on any atom is -0.335 e. The molecule has 4 nitrogen and oxygen atoms in total. The van der Waals surface area contributed by atoms with Crippen LogP contribution in [0.3, 0.4) is 0 Å². The van der Waals surface area contributed by atoms with Gasteiger partial charge in [-0.05, 0) is 32.9 Å². The van der Waals surface area contributed by atoms with Crippen LogP contribution in [0.1, 0.15) is 23.5 Å². The van der Waals surface area contributed by atoms with Crippen molar-refractivity contribution in [1.82, 2.24) is 15.2 Å². The highest BCUT2D eigenvalue weighted by atomic mass is 32.1. The summed E-state index contributed by atoms with van der Waals surface area (Å²) in [7, 11) is 1.93. The van der Waals surface area contributed by atoms with Crippen LogP contribution in [0.4, 0.5) is 0 Å². The van der Waals surface area contributed by atoms with Gasteiger partial charge in [0, 0.05) is 30.6 Å². The predicted molar refractivity (Wildman–Crippen MR) is 74.5 cm³/mol. The number of aromatic nitrogens is 1. The molecule has 1 amide bonds. The summed E-state index contributed by atoms with van der Waals surface area (Å²) in [5.41, 5.74) is 0.871. The van der Waals surface area contributed by atoms with Gasteiger partial charge in [0.1, 0.15) is 0 Å². The summed E-state index contributed by atoms with van der Waals surface area (Å²) < 4.78 is 0. The molecule has 1 aromatic rings. The Balaban J connectivity index is 1.96. The van der Waals surface area contributed by atoms with Crippen LogP contribution in [0.25, 0.3) is 6.08 Å². The van der Waals surface area contributed by atoms with Crippen LogP contribution < -0.4 is 5.32 Å². The van der Waals surface area contributed by atoms with Crippen molar-refractivity contribution >= 4 is 23.3 Å². The van der Waals surface area contributed by atoms with Gasteiger partial charge in [-0.15, -0.1) is 11.3 Å². The lowest BCUT2D eigenvalue weighted by atomic mass is 10.2. The van der Waals surface area contributed by atoms with Gasteiger partial charge in [-0.1, -0.05) is 0 Å². The van der Waals surface area contributed by atoms with Gasteiger partial charge in [0.25, 0.3) is 0 Å². The summed E-state index contributed by atoms with van der Waals surface area (Å²) >= 11 is 1.60. The minimum atomic E-state index is 0.0957. The zero-order valence-corrected chi connectivity index (χ0v) is 11.7. The molecular weight excluding hydrogens is 246 g/mol. The normalized spacial score (nSPS) is 19.9. The van der Waals surface area contributed by atoms with E-state index >= 15 is 0 Å². The molecule has 0 spiro atoms. The first kappa shape index (κ1) is 13.2. The number of hydrogen-bond donors (Lipinski definition) is 1. The standard InChI is InChI=1S/C13H19N3OS/c1-10-15-11(9-18-10)5-6-13(17)16-7-3-4-12(16)8-14-2/h5-6,9,12,14H,3-4,7-8H2,1-2H3. The quantitative estimate of drug-likeness (QED) is 0.842. The third-order valence-corrected chi connectivity index (χ3v) is 3.93. The molecule has 1 saturated heterocycles. The van der Waals surface area contributed by atoms with Crippen LogP contribution in [-0.4, -0.2) is 42.0 Å². The average molecular weight is 265 g/mol. The summed E-state index contributed by atoms with van der Waals surface area (Å²) in [6.45, 7) is 3.70. The van der Waals surface area contributed by atoms with Crippen LogP contribution >= 0.6 is 11.3 Å². The van der Waals surface area contributed by atoms with Crippen molar-refractivity contribution in [3.63, 3.8) is 0 Å². The number of nitrogens with zero attached hydrogens (tertiary/aromatic N) is 2. The molecule has 1 aromatic heterocycles. The summed E-state index contributed by atoms with van der Waals surface area (Å²) in [5.74, 6) is 0.0957. The van der Waals surface area contributed by atoms with E-state index in [0.717, 1.165) is 36.6 Å². The molecule has 1 aliphatic rings. The number of likely N-dealkylation sites (tertiary alicyclic amines) is 1. The number of carbonyl (C=O) groups excluding carboxylic acids is 1. The Morgan fingerprint density at radius 3 is 3.22 bits per heavy atom. The van der Waals surface area contributed by atoms with E-state index in [4.69, 9.17) is 0 Å². The molecule has 1 atom stereocenters. The first-order valence-electron chi connectivity index (χ1n) is 6.26. The van der Waals surface area contributed by atoms with Crippen LogP contribution in [0.5, 0.6) is 0 Å². The lowest BCUT2D eigenvalue weighted by molar-refractivity contribution is -0.126. The number of thiazole rings is 1. The molecule has 0 saturated carbocycles. The fourth-order valence-corrected chi connectivity index (χ4v) is 2.86. The molecule has 18 heavy (non-hydrogen) atoms. The molecule has 2 heterocycles. The fraction of sp³-hybridized carbons (Fsp3) is 0.538. The highest BCUT2D eigenvalue weighted by molar-refractivity contribution is 7.09. The molecule has 1 N–H and O–H groups in total. The van der Waals surface area contributed by atoms with Gasteiger partial charge in [0.2, 0.25) is 5.91 Å². The van der Waals surface area contributed by atoms with Gasteiger partial charge >= 0.3 is 0 Å². The van der Waals surface area contributed by atoms with Gasteiger partial charge in [-0.3, -0.25) is 4.79 Å². The number of amides is 1. The number of rotatable bonds is 4. The lowest BCUT2D eigenvalue weighted by Crippen LogP contribution is -2.39. The maximum Gasteiger partial charge on any atom is 0.246 e. The number of nitrogens with one attached hydrogen (secondary N) is 1. The molecule has 0 bridgehead atoms. The number of aryl methyl sites for hydroxylation is 1. The Labute approximate surface area is 112 Å². The summed E-state index contributed by atoms with van der Waals surface area (Å²) in [5, 5.41) is 6.13. The minimum absolute atomic E-state index is 0.0957. The van der Waals surface area contributed by atoms with Gasteiger partial charge in [-0.25, -0.2) is 4.98 Å². The number of hydrogen-bond acceptors (Lipinski definition) is 4. The first-order valence-corrected chi connectivity index (χ1v) is 7.14. The Morgan fingerprint density at radius 2 is 2.56 bits per heavy atom. The molecule has 0 aliphatic carbocycles. The van der Waals surface area contributed by atoms with Gasteiger partial charge in [-0.2, -0.15) is 0 Å². The summed E-state index contributed by atoms with van der Waals surface area (Å²) in [4.78, 5) is 18.4. The van der Waals surface area contributed by atoms with Crippen molar-refractivity contribution in [2.45, 2.75) is 25.8 Å². The second-order valence-corrected chi connectivity index (χ2v) is 5.57. The topological polar surface area (TPSA) is 45.2 Å². The zero-order chi connectivity index (χ0) is 13.0. The Morgan fingerprint density at radius 1 is 1.72 bits per heavy atom. The predicted octanol–water partition coefficient (Wildman–Crippen LogP) is 1.68. The summed E-state index contributed by atoms with van der Waals surface area (Å²) in [6.07, 6.45) is 5.64. The second-order valence-electron chi connectivity index (χ2n) is 4.51. The molecular formula is C13H19N3OS. The summed E-state index contributed by atoms with van der Waals surface area (Å²) in [6, 6.07) is 0.337. The lowest BCUT2D eigenvalue weighted by Gasteiger charge is -2.22. The van der Waals surface area contributed by atoms with Crippen LogP contribution in [0.15, 0.2) is 11.5 Å². The van der Waals surface area contributed by atoms with Crippen LogP contribution in [0, 0.1) is 6.92 Å². The van der Waals surface area contributed by atoms with Crippen LogP contribution in [0.2, 0.25) is 0 Å². The monoisotopic (exact) mass is 265 g/mol. The van der Waals surface area contributed by atoms with E-state index in [2.05, 4.69) is 10.3 Å². The second kappa shape index (κ2) is 6.11. The SMILES string of the molecule is CNCC1CCCN1C(=O)C=Cc1csc(C)n1. The molecule has 5 heteroatoms. The van der Waals surface area contributed by atoms with Crippen molar-refractivity contribution in [1.29, 1.82) is 0 Å². The highest BCUT2D eigenvalue weighted by Gasteiger charge is 2.26. The van der Waals surface area contributed by atoms with E-state index < -0.39 is 0 Å². The fourth-order valence-electron chi connectivity index (χ4n) is 2.28. The van der Waals surface area contributed by atoms with Gasteiger partial charge in [0.15, 0.2) is 0 Å². The molecule has 1 aliphatic heterocycles. The number of carbonyl (C=O) groups is 1. The van der Waals surface area contributed by atoms with Crippen molar-refractivity contribution in [2.75, 3.05) is 20.1 Å². The maximum absolute atomic E-state index is 12.1. The third-order valence-electron chi connectivity index (χ3n) is 3.13.